The van der Waals surface area contributed by atoms with Crippen LogP contribution in [0.2, 0.25) is 0 Å². The summed E-state index contributed by atoms with van der Waals surface area (Å²) in [5.41, 5.74) is 2.61. The lowest BCUT2D eigenvalue weighted by atomic mass is 9.88. The number of sulfonamides is 1. The van der Waals surface area contributed by atoms with E-state index in [1.165, 1.54) is 0 Å². The predicted octanol–water partition coefficient (Wildman–Crippen LogP) is 7.84. The number of anilines is 7. The highest BCUT2D eigenvalue weighted by Crippen LogP contribution is 2.42. The van der Waals surface area contributed by atoms with Crippen molar-refractivity contribution in [2.75, 3.05) is 89.9 Å². The minimum atomic E-state index is -3.78. The van der Waals surface area contributed by atoms with Gasteiger partial charge in [0.05, 0.1) is 11.4 Å². The predicted molar refractivity (Wildman–Crippen MR) is 235 cm³/mol. The number of nitrogens with zero attached hydrogens (tertiary/aromatic N) is 5. The molecule has 4 aromatic carbocycles. The highest BCUT2D eigenvalue weighted by molar-refractivity contribution is 7.92. The van der Waals surface area contributed by atoms with Crippen molar-refractivity contribution in [3.05, 3.63) is 72.8 Å². The minimum absolute atomic E-state index is 0.0899. The Morgan fingerprint density at radius 3 is 1.86 bits per heavy atom. The third kappa shape index (κ3) is 9.71. The molecule has 0 radical (unpaired) electrons. The van der Waals surface area contributed by atoms with Gasteiger partial charge in [0.2, 0.25) is 27.9 Å². The zero-order valence-corrected chi connectivity index (χ0v) is 34.6. The molecule has 0 saturated heterocycles. The molecule has 1 aliphatic rings. The molecule has 0 amide bonds. The van der Waals surface area contributed by atoms with E-state index in [4.69, 9.17) is 9.97 Å². The summed E-state index contributed by atoms with van der Waals surface area (Å²) in [5, 5.41) is 21.4. The summed E-state index contributed by atoms with van der Waals surface area (Å²) in [6.45, 7) is 17.0. The van der Waals surface area contributed by atoms with Crippen molar-refractivity contribution in [3.8, 4) is 0 Å². The smallest absolute Gasteiger partial charge is 0.233 e. The minimum Gasteiger partial charge on any atom is -0.362 e. The van der Waals surface area contributed by atoms with Gasteiger partial charge in [-0.2, -0.15) is 15.0 Å². The Morgan fingerprint density at radius 2 is 1.27 bits per heavy atom. The quantitative estimate of drug-likeness (QED) is 0.0403. The van der Waals surface area contributed by atoms with Crippen molar-refractivity contribution in [3.63, 3.8) is 0 Å². The molecule has 1 unspecified atom stereocenters. The van der Waals surface area contributed by atoms with E-state index in [1.807, 2.05) is 49.4 Å². The van der Waals surface area contributed by atoms with E-state index in [-0.39, 0.29) is 11.7 Å². The summed E-state index contributed by atoms with van der Waals surface area (Å²) in [7, 11) is -1.67. The van der Waals surface area contributed by atoms with Gasteiger partial charge in [0.1, 0.15) is 5.66 Å². The Labute approximate surface area is 332 Å². The maximum absolute atomic E-state index is 14.0. The van der Waals surface area contributed by atoms with Crippen LogP contribution >= 0.6 is 0 Å². The summed E-state index contributed by atoms with van der Waals surface area (Å²) in [4.78, 5) is 18.8. The zero-order valence-electron chi connectivity index (χ0n) is 33.7. The highest BCUT2D eigenvalue weighted by Gasteiger charge is 2.40. The first kappa shape index (κ1) is 40.7. The monoisotopic (exact) mass is 781 g/mol. The van der Waals surface area contributed by atoms with Gasteiger partial charge in [-0.25, -0.2) is 8.42 Å². The van der Waals surface area contributed by atoms with Crippen LogP contribution in [0.3, 0.4) is 0 Å². The molecule has 13 nitrogen and oxygen atoms in total. The Bertz CT molecular complexity index is 2150. The number of aromatic nitrogens is 3. The lowest BCUT2D eigenvalue weighted by Gasteiger charge is -2.45. The molecule has 1 aliphatic heterocycles. The van der Waals surface area contributed by atoms with E-state index < -0.39 is 15.7 Å². The van der Waals surface area contributed by atoms with Gasteiger partial charge in [0.25, 0.3) is 0 Å². The van der Waals surface area contributed by atoms with Gasteiger partial charge in [-0.1, -0.05) is 83.1 Å². The highest BCUT2D eigenvalue weighted by atomic mass is 32.2. The van der Waals surface area contributed by atoms with Crippen LogP contribution in [-0.4, -0.2) is 97.4 Å². The molecule has 1 atom stereocenters. The molecule has 0 aliphatic carbocycles. The van der Waals surface area contributed by atoms with Crippen molar-refractivity contribution < 1.29 is 8.42 Å². The Hall–Kier alpha value is -4.92. The first-order chi connectivity index (χ1) is 27.1. The molecular weight excluding hydrogens is 723 g/mol. The Morgan fingerprint density at radius 1 is 0.714 bits per heavy atom. The van der Waals surface area contributed by atoms with Crippen molar-refractivity contribution >= 4 is 72.2 Å². The number of benzene rings is 4. The van der Waals surface area contributed by atoms with Gasteiger partial charge in [0, 0.05) is 52.2 Å². The van der Waals surface area contributed by atoms with E-state index in [1.54, 1.807) is 6.07 Å². The summed E-state index contributed by atoms with van der Waals surface area (Å²) < 4.78 is 30.8. The second kappa shape index (κ2) is 18.4. The number of hydrogen-bond donors (Lipinski definition) is 6. The Balaban J connectivity index is 1.19. The summed E-state index contributed by atoms with van der Waals surface area (Å²) in [6, 6.07) is 23.8. The van der Waals surface area contributed by atoms with Crippen molar-refractivity contribution in [1.29, 1.82) is 0 Å². The molecule has 6 N–H and O–H groups in total. The molecule has 0 saturated carbocycles. The van der Waals surface area contributed by atoms with Crippen LogP contribution in [0.15, 0.2) is 72.8 Å². The molecule has 0 spiro atoms. The topological polar surface area (TPSA) is 151 Å². The van der Waals surface area contributed by atoms with Crippen molar-refractivity contribution in [2.24, 2.45) is 5.92 Å². The molecule has 5 aromatic rings. The van der Waals surface area contributed by atoms with Crippen LogP contribution in [-0.2, 0) is 10.0 Å². The Kier molecular flexibility index (Phi) is 13.3. The van der Waals surface area contributed by atoms with Gasteiger partial charge in [-0.15, -0.1) is 0 Å². The van der Waals surface area contributed by atoms with Crippen LogP contribution < -0.4 is 31.3 Å². The van der Waals surface area contributed by atoms with E-state index in [0.29, 0.717) is 30.0 Å². The molecule has 2 heterocycles. The maximum Gasteiger partial charge on any atom is 0.233 e. The molecule has 300 valence electrons. The second-order valence-electron chi connectivity index (χ2n) is 14.7. The van der Waals surface area contributed by atoms with Crippen molar-refractivity contribution in [1.82, 2.24) is 24.8 Å². The van der Waals surface area contributed by atoms with Crippen LogP contribution in [0, 0.1) is 5.92 Å². The fraction of sp³-hybridized carbons (Fsp3) is 0.452. The third-order valence-corrected chi connectivity index (χ3v) is 12.4. The van der Waals surface area contributed by atoms with E-state index in [9.17, 15) is 8.42 Å². The van der Waals surface area contributed by atoms with Crippen LogP contribution in [0.25, 0.3) is 21.5 Å². The fourth-order valence-corrected chi connectivity index (χ4v) is 9.02. The van der Waals surface area contributed by atoms with Crippen LogP contribution in [0.4, 0.5) is 40.6 Å². The number of fused-ring (bicyclic) bond motifs is 1. The SMILES string of the molecule is CCN(C)CCCNc1nc(NCCCN(CC)CC)nc(Nc2cccc3c(NS(=O)(=O)CC(C)C4(CC)Nc5cccc6cccc(c56)N4)cccc23)n1. The van der Waals surface area contributed by atoms with Gasteiger partial charge >= 0.3 is 0 Å². The van der Waals surface area contributed by atoms with Gasteiger partial charge < -0.3 is 36.4 Å². The standard InChI is InChI=1S/C42H59N11O2S/c1-7-42(49-36-23-11-17-31-18-12-24-37(50-42)38(31)36)30(5)29-56(54,55)51-35-22-14-19-32-33(35)20-13-21-34(32)45-41-47-39(43-25-15-27-52(6)8-2)46-40(48-41)44-26-16-28-53(9-3)10-4/h11-14,17-24,30,49-51H,7-10,15-16,25-29H2,1-6H3,(H3,43,44,45,46,47,48). The first-order valence-corrected chi connectivity index (χ1v) is 21.7. The van der Waals surface area contributed by atoms with Crippen molar-refractivity contribution in [2.45, 2.75) is 59.5 Å². The molecule has 0 bridgehead atoms. The lowest BCUT2D eigenvalue weighted by molar-refractivity contribution is 0.303. The maximum atomic E-state index is 14.0. The van der Waals surface area contributed by atoms with E-state index in [2.05, 4.69) is 105 Å². The zero-order chi connectivity index (χ0) is 39.7. The summed E-state index contributed by atoms with van der Waals surface area (Å²) in [5.74, 6) is 0.988. The van der Waals surface area contributed by atoms with Gasteiger partial charge in [-0.05, 0) is 88.7 Å². The van der Waals surface area contributed by atoms with Crippen LogP contribution in [0.5, 0.6) is 0 Å². The molecule has 56 heavy (non-hydrogen) atoms. The van der Waals surface area contributed by atoms with Gasteiger partial charge in [0.15, 0.2) is 0 Å². The first-order valence-electron chi connectivity index (χ1n) is 20.1. The summed E-state index contributed by atoms with van der Waals surface area (Å²) >= 11 is 0. The number of rotatable bonds is 21. The van der Waals surface area contributed by atoms with Crippen LogP contribution in [0.1, 0.15) is 53.9 Å². The molecule has 14 heteroatoms. The summed E-state index contributed by atoms with van der Waals surface area (Å²) in [6.07, 6.45) is 2.58. The average molecular weight is 782 g/mol. The second-order valence-corrected chi connectivity index (χ2v) is 16.5. The fourth-order valence-electron chi connectivity index (χ4n) is 7.48. The van der Waals surface area contributed by atoms with Gasteiger partial charge in [-0.3, -0.25) is 4.72 Å². The van der Waals surface area contributed by atoms with E-state index in [0.717, 1.165) is 97.3 Å². The third-order valence-electron chi connectivity index (χ3n) is 10.9. The number of hydrogen-bond acceptors (Lipinski definition) is 12. The largest absolute Gasteiger partial charge is 0.362 e. The molecular formula is C42H59N11O2S. The molecule has 6 rings (SSSR count). The molecule has 1 aromatic heterocycles. The average Bonchev–Trinajstić information content (AvgIpc) is 3.19. The lowest BCUT2D eigenvalue weighted by Crippen LogP contribution is -2.54. The normalized spacial score (nSPS) is 14.1. The molecule has 0 fully saturated rings. The van der Waals surface area contributed by atoms with E-state index >= 15 is 0 Å². The number of nitrogens with one attached hydrogen (secondary N) is 6.